The molecule has 17 heavy (non-hydrogen) atoms. The summed E-state index contributed by atoms with van der Waals surface area (Å²) in [6.07, 6.45) is 0. The Morgan fingerprint density at radius 2 is 1.18 bits per heavy atom. The minimum atomic E-state index is 0.305. The molecular formula is C16H16O. The molecule has 0 aliphatic rings. The first kappa shape index (κ1) is 11.5. The molecule has 0 heterocycles. The summed E-state index contributed by atoms with van der Waals surface area (Å²) in [5.74, 6) is 0.305. The third-order valence-corrected chi connectivity index (χ3v) is 3.07. The van der Waals surface area contributed by atoms with Gasteiger partial charge in [-0.3, -0.25) is 0 Å². The van der Waals surface area contributed by atoms with Gasteiger partial charge in [-0.15, -0.1) is 0 Å². The Kier molecular flexibility index (Phi) is 3.29. The molecule has 0 atom stereocenters. The van der Waals surface area contributed by atoms with E-state index in [1.807, 2.05) is 30.3 Å². The molecule has 0 spiro atoms. The lowest BCUT2D eigenvalue weighted by molar-refractivity contribution is 0.475. The topological polar surface area (TPSA) is 20.2 Å². The number of aromatic hydroxyl groups is 1. The molecule has 0 fully saturated rings. The van der Waals surface area contributed by atoms with E-state index in [2.05, 4.69) is 26.0 Å². The van der Waals surface area contributed by atoms with Crippen molar-refractivity contribution in [3.63, 3.8) is 0 Å². The van der Waals surface area contributed by atoms with E-state index in [-0.39, 0.29) is 0 Å². The van der Waals surface area contributed by atoms with E-state index in [4.69, 9.17) is 0 Å². The predicted molar refractivity (Wildman–Crippen MR) is 72.7 cm³/mol. The number of rotatable bonds is 2. The van der Waals surface area contributed by atoms with Crippen LogP contribution in [0.15, 0.2) is 54.6 Å². The number of hydrogen-bond acceptors (Lipinski definition) is 1. The van der Waals surface area contributed by atoms with Gasteiger partial charge in [0.05, 0.1) is 0 Å². The van der Waals surface area contributed by atoms with Crippen molar-refractivity contribution in [1.29, 1.82) is 0 Å². The van der Waals surface area contributed by atoms with E-state index in [9.17, 15) is 5.11 Å². The van der Waals surface area contributed by atoms with Crippen LogP contribution in [0.1, 0.15) is 25.0 Å². The number of phenols is 1. The maximum Gasteiger partial charge on any atom is 0.115 e. The molecule has 0 saturated carbocycles. The van der Waals surface area contributed by atoms with Crippen LogP contribution in [-0.4, -0.2) is 5.11 Å². The van der Waals surface area contributed by atoms with Gasteiger partial charge in [0.1, 0.15) is 5.75 Å². The minimum absolute atomic E-state index is 0.305. The Bertz CT molecular complexity index is 521. The fourth-order valence-electron chi connectivity index (χ4n) is 1.83. The number of hydrogen-bond donors (Lipinski definition) is 1. The summed E-state index contributed by atoms with van der Waals surface area (Å²) < 4.78 is 0. The molecule has 2 rings (SSSR count). The fraction of sp³-hybridized carbons (Fsp3) is 0.125. The summed E-state index contributed by atoms with van der Waals surface area (Å²) in [6.45, 7) is 4.23. The quantitative estimate of drug-likeness (QED) is 0.752. The molecule has 0 aliphatic carbocycles. The molecule has 0 saturated heterocycles. The van der Waals surface area contributed by atoms with Crippen molar-refractivity contribution in [3.8, 4) is 5.75 Å². The molecule has 86 valence electrons. The highest BCUT2D eigenvalue weighted by molar-refractivity contribution is 5.88. The van der Waals surface area contributed by atoms with Crippen LogP contribution in [0.2, 0.25) is 0 Å². The van der Waals surface area contributed by atoms with Gasteiger partial charge < -0.3 is 5.11 Å². The van der Waals surface area contributed by atoms with Gasteiger partial charge in [-0.25, -0.2) is 0 Å². The molecule has 2 aromatic carbocycles. The van der Waals surface area contributed by atoms with Crippen LogP contribution < -0.4 is 0 Å². The van der Waals surface area contributed by atoms with E-state index in [0.717, 1.165) is 5.56 Å². The zero-order valence-electron chi connectivity index (χ0n) is 10.1. The second kappa shape index (κ2) is 4.88. The first-order valence-electron chi connectivity index (χ1n) is 5.71. The molecule has 0 aromatic heterocycles. The summed E-state index contributed by atoms with van der Waals surface area (Å²) in [4.78, 5) is 0. The molecule has 0 bridgehead atoms. The third-order valence-electron chi connectivity index (χ3n) is 3.07. The average molecular weight is 224 g/mol. The Morgan fingerprint density at radius 3 is 1.71 bits per heavy atom. The molecule has 1 nitrogen and oxygen atoms in total. The summed E-state index contributed by atoms with van der Waals surface area (Å²) in [7, 11) is 0. The van der Waals surface area contributed by atoms with Gasteiger partial charge in [-0.05, 0) is 48.3 Å². The van der Waals surface area contributed by atoms with E-state index in [1.54, 1.807) is 12.1 Å². The first-order chi connectivity index (χ1) is 8.18. The smallest absolute Gasteiger partial charge is 0.115 e. The highest BCUT2D eigenvalue weighted by atomic mass is 16.3. The monoisotopic (exact) mass is 224 g/mol. The third kappa shape index (κ3) is 2.56. The molecule has 1 heteroatoms. The van der Waals surface area contributed by atoms with Crippen LogP contribution in [0.25, 0.3) is 11.1 Å². The summed E-state index contributed by atoms with van der Waals surface area (Å²) in [5, 5.41) is 9.28. The van der Waals surface area contributed by atoms with Crippen LogP contribution >= 0.6 is 0 Å². The first-order valence-corrected chi connectivity index (χ1v) is 5.71. The average Bonchev–Trinajstić information content (AvgIpc) is 2.39. The van der Waals surface area contributed by atoms with Gasteiger partial charge in [-0.1, -0.05) is 42.5 Å². The second-order valence-corrected chi connectivity index (χ2v) is 4.16. The van der Waals surface area contributed by atoms with Crippen molar-refractivity contribution < 1.29 is 5.11 Å². The lowest BCUT2D eigenvalue weighted by atomic mass is 9.97. The fourth-order valence-corrected chi connectivity index (χ4v) is 1.83. The standard InChI is InChI=1S/C16H16O/c1-12(14-6-4-3-5-7-14)13(2)15-8-10-16(17)11-9-15/h3-11,17H,1-2H3. The van der Waals surface area contributed by atoms with Crippen molar-refractivity contribution in [2.24, 2.45) is 0 Å². The van der Waals surface area contributed by atoms with E-state index < -0.39 is 0 Å². The Labute approximate surface area is 102 Å². The molecule has 2 aromatic rings. The lowest BCUT2D eigenvalue weighted by Gasteiger charge is -2.08. The normalized spacial score (nSPS) is 12.1. The van der Waals surface area contributed by atoms with E-state index >= 15 is 0 Å². The van der Waals surface area contributed by atoms with Crippen molar-refractivity contribution in [1.82, 2.24) is 0 Å². The number of phenolic OH excluding ortho intramolecular Hbond substituents is 1. The summed E-state index contributed by atoms with van der Waals surface area (Å²) >= 11 is 0. The zero-order chi connectivity index (χ0) is 12.3. The van der Waals surface area contributed by atoms with Gasteiger partial charge in [0, 0.05) is 0 Å². The Hall–Kier alpha value is -2.02. The van der Waals surface area contributed by atoms with Gasteiger partial charge in [0.2, 0.25) is 0 Å². The van der Waals surface area contributed by atoms with Gasteiger partial charge in [-0.2, -0.15) is 0 Å². The Balaban J connectivity index is 2.41. The maximum absolute atomic E-state index is 9.28. The van der Waals surface area contributed by atoms with Crippen LogP contribution in [0.5, 0.6) is 5.75 Å². The van der Waals surface area contributed by atoms with Gasteiger partial charge in [0.15, 0.2) is 0 Å². The maximum atomic E-state index is 9.28. The Morgan fingerprint density at radius 1 is 0.706 bits per heavy atom. The highest BCUT2D eigenvalue weighted by Gasteiger charge is 2.02. The largest absolute Gasteiger partial charge is 0.508 e. The zero-order valence-corrected chi connectivity index (χ0v) is 10.1. The molecule has 0 radical (unpaired) electrons. The summed E-state index contributed by atoms with van der Waals surface area (Å²) in [6, 6.07) is 17.7. The van der Waals surface area contributed by atoms with Crippen molar-refractivity contribution in [2.45, 2.75) is 13.8 Å². The van der Waals surface area contributed by atoms with Crippen molar-refractivity contribution in [2.75, 3.05) is 0 Å². The molecule has 0 unspecified atom stereocenters. The van der Waals surface area contributed by atoms with Crippen molar-refractivity contribution >= 4 is 11.1 Å². The van der Waals surface area contributed by atoms with Gasteiger partial charge in [0.25, 0.3) is 0 Å². The van der Waals surface area contributed by atoms with Crippen LogP contribution in [0.3, 0.4) is 0 Å². The van der Waals surface area contributed by atoms with Gasteiger partial charge >= 0.3 is 0 Å². The minimum Gasteiger partial charge on any atom is -0.508 e. The highest BCUT2D eigenvalue weighted by Crippen LogP contribution is 2.26. The molecule has 1 N–H and O–H groups in total. The SMILES string of the molecule is CC(=C(C)c1ccc(O)cc1)c1ccccc1. The van der Waals surface area contributed by atoms with Crippen LogP contribution in [-0.2, 0) is 0 Å². The van der Waals surface area contributed by atoms with Crippen LogP contribution in [0.4, 0.5) is 0 Å². The van der Waals surface area contributed by atoms with Crippen molar-refractivity contribution in [3.05, 3.63) is 65.7 Å². The van der Waals surface area contributed by atoms with Crippen LogP contribution in [0, 0.1) is 0 Å². The second-order valence-electron chi connectivity index (χ2n) is 4.16. The predicted octanol–water partition coefficient (Wildman–Crippen LogP) is 4.34. The van der Waals surface area contributed by atoms with E-state index in [0.29, 0.717) is 5.75 Å². The molecule has 0 aliphatic heterocycles. The molecular weight excluding hydrogens is 208 g/mol. The van der Waals surface area contributed by atoms with E-state index in [1.165, 1.54) is 16.7 Å². The molecule has 0 amide bonds. The lowest BCUT2D eigenvalue weighted by Crippen LogP contribution is -1.85. The number of benzene rings is 2. The number of allylic oxidation sites excluding steroid dienone is 2. The summed E-state index contributed by atoms with van der Waals surface area (Å²) in [5.41, 5.74) is 4.87.